The highest BCUT2D eigenvalue weighted by Crippen LogP contribution is 2.19. The van der Waals surface area contributed by atoms with Gasteiger partial charge in [-0.15, -0.1) is 0 Å². The van der Waals surface area contributed by atoms with Gasteiger partial charge in [-0.05, 0) is 36.1 Å². The maximum Gasteiger partial charge on any atom is 0.133 e. The first-order valence-corrected chi connectivity index (χ1v) is 7.12. The fourth-order valence-corrected chi connectivity index (χ4v) is 2.16. The molecule has 0 spiro atoms. The number of benzene rings is 1. The van der Waals surface area contributed by atoms with Crippen molar-refractivity contribution in [2.45, 2.75) is 38.8 Å². The number of furan rings is 1. The lowest BCUT2D eigenvalue weighted by Gasteiger charge is -2.17. The Kier molecular flexibility index (Phi) is 4.99. The maximum atomic E-state index is 9.97. The van der Waals surface area contributed by atoms with E-state index in [4.69, 9.17) is 4.42 Å². The Morgan fingerprint density at radius 1 is 1.05 bits per heavy atom. The van der Waals surface area contributed by atoms with Gasteiger partial charge in [-0.25, -0.2) is 0 Å². The number of hydrogen-bond acceptors (Lipinski definition) is 3. The lowest BCUT2D eigenvalue weighted by molar-refractivity contribution is 0.144. The highest BCUT2D eigenvalue weighted by molar-refractivity contribution is 5.26. The van der Waals surface area contributed by atoms with Crippen molar-refractivity contribution < 1.29 is 9.52 Å². The van der Waals surface area contributed by atoms with Gasteiger partial charge in [-0.1, -0.05) is 38.1 Å². The summed E-state index contributed by atoms with van der Waals surface area (Å²) in [7, 11) is 0. The molecule has 1 aromatic carbocycles. The SMILES string of the molecule is CC(C)c1ccc(C(C)NCC(O)c2ccco2)cc1. The standard InChI is InChI=1S/C17H23NO2/c1-12(2)14-6-8-15(9-7-14)13(3)18-11-16(19)17-5-4-10-20-17/h4-10,12-13,16,18-19H,11H2,1-3H3. The average Bonchev–Trinajstić information content (AvgIpc) is 2.98. The third-order valence-electron chi connectivity index (χ3n) is 3.59. The van der Waals surface area contributed by atoms with E-state index in [0.717, 1.165) is 0 Å². The highest BCUT2D eigenvalue weighted by Gasteiger charge is 2.12. The number of hydrogen-bond donors (Lipinski definition) is 2. The van der Waals surface area contributed by atoms with E-state index in [9.17, 15) is 5.11 Å². The molecule has 0 saturated carbocycles. The summed E-state index contributed by atoms with van der Waals surface area (Å²) in [4.78, 5) is 0. The van der Waals surface area contributed by atoms with Crippen LogP contribution in [0.25, 0.3) is 0 Å². The molecule has 0 fully saturated rings. The van der Waals surface area contributed by atoms with Crippen molar-refractivity contribution in [1.82, 2.24) is 5.32 Å². The minimum absolute atomic E-state index is 0.195. The third kappa shape index (κ3) is 3.71. The Balaban J connectivity index is 1.89. The van der Waals surface area contributed by atoms with Crippen molar-refractivity contribution in [3.8, 4) is 0 Å². The van der Waals surface area contributed by atoms with Gasteiger partial charge in [-0.2, -0.15) is 0 Å². The van der Waals surface area contributed by atoms with E-state index in [2.05, 4.69) is 50.4 Å². The van der Waals surface area contributed by atoms with Crippen molar-refractivity contribution in [2.24, 2.45) is 0 Å². The van der Waals surface area contributed by atoms with E-state index in [1.54, 1.807) is 18.4 Å². The smallest absolute Gasteiger partial charge is 0.133 e. The lowest BCUT2D eigenvalue weighted by atomic mass is 9.99. The van der Waals surface area contributed by atoms with Crippen LogP contribution in [0.2, 0.25) is 0 Å². The molecule has 0 bridgehead atoms. The van der Waals surface area contributed by atoms with E-state index in [0.29, 0.717) is 18.2 Å². The molecule has 1 aromatic heterocycles. The first kappa shape index (κ1) is 14.8. The number of aliphatic hydroxyl groups is 1. The Hall–Kier alpha value is -1.58. The van der Waals surface area contributed by atoms with Gasteiger partial charge < -0.3 is 14.8 Å². The predicted molar refractivity (Wildman–Crippen MR) is 80.6 cm³/mol. The van der Waals surface area contributed by atoms with Crippen LogP contribution in [-0.4, -0.2) is 11.7 Å². The molecule has 0 radical (unpaired) electrons. The molecule has 3 heteroatoms. The molecule has 0 aliphatic heterocycles. The van der Waals surface area contributed by atoms with E-state index in [1.807, 2.05) is 0 Å². The second kappa shape index (κ2) is 6.73. The fourth-order valence-electron chi connectivity index (χ4n) is 2.16. The van der Waals surface area contributed by atoms with Gasteiger partial charge in [-0.3, -0.25) is 0 Å². The van der Waals surface area contributed by atoms with Crippen LogP contribution in [0.1, 0.15) is 55.7 Å². The molecule has 2 aromatic rings. The predicted octanol–water partition coefficient (Wildman–Crippen LogP) is 3.79. The van der Waals surface area contributed by atoms with Crippen LogP contribution in [0.15, 0.2) is 47.1 Å². The quantitative estimate of drug-likeness (QED) is 0.841. The minimum Gasteiger partial charge on any atom is -0.467 e. The lowest BCUT2D eigenvalue weighted by Crippen LogP contribution is -2.24. The molecule has 0 amide bonds. The average molecular weight is 273 g/mol. The molecule has 1 heterocycles. The van der Waals surface area contributed by atoms with Gasteiger partial charge in [0.15, 0.2) is 0 Å². The number of rotatable bonds is 6. The molecule has 2 unspecified atom stereocenters. The zero-order valence-electron chi connectivity index (χ0n) is 12.3. The van der Waals surface area contributed by atoms with E-state index < -0.39 is 6.10 Å². The largest absolute Gasteiger partial charge is 0.467 e. The molecule has 108 valence electrons. The summed E-state index contributed by atoms with van der Waals surface area (Å²) in [5, 5.41) is 13.3. The van der Waals surface area contributed by atoms with Gasteiger partial charge in [0.2, 0.25) is 0 Å². The van der Waals surface area contributed by atoms with Gasteiger partial charge in [0, 0.05) is 12.6 Å². The normalized spacial score (nSPS) is 14.4. The first-order chi connectivity index (χ1) is 9.58. The Labute approximate surface area is 120 Å². The summed E-state index contributed by atoms with van der Waals surface area (Å²) in [5.74, 6) is 1.15. The van der Waals surface area contributed by atoms with Gasteiger partial charge in [0.05, 0.1) is 6.26 Å². The zero-order valence-corrected chi connectivity index (χ0v) is 12.3. The van der Waals surface area contributed by atoms with Crippen LogP contribution in [-0.2, 0) is 0 Å². The van der Waals surface area contributed by atoms with Crippen molar-refractivity contribution in [1.29, 1.82) is 0 Å². The van der Waals surface area contributed by atoms with E-state index >= 15 is 0 Å². The van der Waals surface area contributed by atoms with Crippen LogP contribution in [0.3, 0.4) is 0 Å². The molecule has 2 N–H and O–H groups in total. The molecule has 2 rings (SSSR count). The molecule has 0 aliphatic rings. The molecule has 0 saturated heterocycles. The molecule has 20 heavy (non-hydrogen) atoms. The fraction of sp³-hybridized carbons (Fsp3) is 0.412. The first-order valence-electron chi connectivity index (χ1n) is 7.12. The monoisotopic (exact) mass is 273 g/mol. The molecular weight excluding hydrogens is 250 g/mol. The summed E-state index contributed by atoms with van der Waals surface area (Å²) in [6, 6.07) is 12.4. The maximum absolute atomic E-state index is 9.97. The highest BCUT2D eigenvalue weighted by atomic mass is 16.4. The Morgan fingerprint density at radius 2 is 1.70 bits per heavy atom. The van der Waals surface area contributed by atoms with Crippen molar-refractivity contribution in [3.05, 3.63) is 59.5 Å². The van der Waals surface area contributed by atoms with E-state index in [1.165, 1.54) is 11.1 Å². The molecular formula is C17H23NO2. The summed E-state index contributed by atoms with van der Waals surface area (Å²) in [5.41, 5.74) is 2.57. The summed E-state index contributed by atoms with van der Waals surface area (Å²) < 4.78 is 5.19. The molecule has 3 nitrogen and oxygen atoms in total. The third-order valence-corrected chi connectivity index (χ3v) is 3.59. The van der Waals surface area contributed by atoms with Crippen LogP contribution in [0, 0.1) is 0 Å². The van der Waals surface area contributed by atoms with E-state index in [-0.39, 0.29) is 6.04 Å². The van der Waals surface area contributed by atoms with Crippen LogP contribution < -0.4 is 5.32 Å². The number of aliphatic hydroxyl groups excluding tert-OH is 1. The second-order valence-electron chi connectivity index (χ2n) is 5.48. The summed E-state index contributed by atoms with van der Waals surface area (Å²) >= 11 is 0. The summed E-state index contributed by atoms with van der Waals surface area (Å²) in [6.07, 6.45) is 0.967. The van der Waals surface area contributed by atoms with Crippen molar-refractivity contribution >= 4 is 0 Å². The van der Waals surface area contributed by atoms with Gasteiger partial charge >= 0.3 is 0 Å². The van der Waals surface area contributed by atoms with Crippen LogP contribution in [0.4, 0.5) is 0 Å². The van der Waals surface area contributed by atoms with Crippen LogP contribution >= 0.6 is 0 Å². The Morgan fingerprint density at radius 3 is 2.25 bits per heavy atom. The molecule has 2 atom stereocenters. The van der Waals surface area contributed by atoms with Crippen LogP contribution in [0.5, 0.6) is 0 Å². The second-order valence-corrected chi connectivity index (χ2v) is 5.48. The topological polar surface area (TPSA) is 45.4 Å². The zero-order chi connectivity index (χ0) is 14.5. The Bertz CT molecular complexity index is 502. The van der Waals surface area contributed by atoms with Crippen molar-refractivity contribution in [2.75, 3.05) is 6.54 Å². The van der Waals surface area contributed by atoms with Gasteiger partial charge in [0.25, 0.3) is 0 Å². The summed E-state index contributed by atoms with van der Waals surface area (Å²) in [6.45, 7) is 6.95. The van der Waals surface area contributed by atoms with Gasteiger partial charge in [0.1, 0.15) is 11.9 Å². The molecule has 0 aliphatic carbocycles. The van der Waals surface area contributed by atoms with Crippen molar-refractivity contribution in [3.63, 3.8) is 0 Å². The number of nitrogens with one attached hydrogen (secondary N) is 1. The minimum atomic E-state index is -0.609.